The van der Waals surface area contributed by atoms with E-state index in [1.807, 2.05) is 0 Å². The number of aromatic hydroxyl groups is 1. The number of phenols is 1. The van der Waals surface area contributed by atoms with Crippen LogP contribution in [0.15, 0.2) is 18.2 Å². The molecule has 108 valence electrons. The van der Waals surface area contributed by atoms with Gasteiger partial charge in [-0.25, -0.2) is 0 Å². The summed E-state index contributed by atoms with van der Waals surface area (Å²) in [5.41, 5.74) is 0.620. The van der Waals surface area contributed by atoms with Crippen molar-refractivity contribution in [3.8, 4) is 5.75 Å². The van der Waals surface area contributed by atoms with Gasteiger partial charge < -0.3 is 15.7 Å². The molecule has 1 aliphatic carbocycles. The summed E-state index contributed by atoms with van der Waals surface area (Å²) in [6, 6.07) is 5.09. The van der Waals surface area contributed by atoms with Crippen molar-refractivity contribution in [2.75, 3.05) is 5.32 Å². The third-order valence-electron chi connectivity index (χ3n) is 4.39. The Morgan fingerprint density at radius 1 is 1.35 bits per heavy atom. The third-order valence-corrected chi connectivity index (χ3v) is 4.70. The maximum atomic E-state index is 12.3. The molecule has 1 aromatic carbocycles. The molecule has 1 aromatic rings. The molecule has 0 radical (unpaired) electrons. The van der Waals surface area contributed by atoms with Gasteiger partial charge in [-0.15, -0.1) is 0 Å². The van der Waals surface area contributed by atoms with Gasteiger partial charge in [-0.05, 0) is 43.4 Å². The van der Waals surface area contributed by atoms with E-state index >= 15 is 0 Å². The highest BCUT2D eigenvalue weighted by Gasteiger charge is 2.38. The first kappa shape index (κ1) is 13.7. The van der Waals surface area contributed by atoms with Gasteiger partial charge in [0.1, 0.15) is 5.75 Å². The van der Waals surface area contributed by atoms with Gasteiger partial charge in [-0.3, -0.25) is 4.79 Å². The topological polar surface area (TPSA) is 61.4 Å². The van der Waals surface area contributed by atoms with Crippen LogP contribution in [0.1, 0.15) is 32.1 Å². The summed E-state index contributed by atoms with van der Waals surface area (Å²) < 4.78 is 0. The zero-order chi connectivity index (χ0) is 14.1. The van der Waals surface area contributed by atoms with E-state index in [9.17, 15) is 9.90 Å². The Morgan fingerprint density at radius 3 is 2.90 bits per heavy atom. The molecule has 0 aromatic heterocycles. The van der Waals surface area contributed by atoms with Crippen LogP contribution in [-0.2, 0) is 4.79 Å². The number of hydrogen-bond donors (Lipinski definition) is 3. The van der Waals surface area contributed by atoms with Crippen LogP contribution in [0.4, 0.5) is 5.69 Å². The lowest BCUT2D eigenvalue weighted by molar-refractivity contribution is -0.117. The zero-order valence-electron chi connectivity index (χ0n) is 11.2. The van der Waals surface area contributed by atoms with Gasteiger partial charge in [0.05, 0.1) is 11.1 Å². The molecular weight excluding hydrogens is 276 g/mol. The van der Waals surface area contributed by atoms with Crippen LogP contribution in [0.5, 0.6) is 5.75 Å². The Kier molecular flexibility index (Phi) is 3.85. The van der Waals surface area contributed by atoms with E-state index < -0.39 is 0 Å². The van der Waals surface area contributed by atoms with Crippen molar-refractivity contribution >= 4 is 23.2 Å². The lowest BCUT2D eigenvalue weighted by atomic mass is 9.85. The van der Waals surface area contributed by atoms with E-state index in [1.54, 1.807) is 12.1 Å². The number of fused-ring (bicyclic) bond motifs is 1. The Balaban J connectivity index is 1.63. The number of anilines is 1. The van der Waals surface area contributed by atoms with Gasteiger partial charge in [0, 0.05) is 11.7 Å². The Hall–Kier alpha value is -1.26. The molecule has 0 bridgehead atoms. The van der Waals surface area contributed by atoms with Gasteiger partial charge in [-0.2, -0.15) is 0 Å². The van der Waals surface area contributed by atoms with E-state index in [0.717, 1.165) is 6.42 Å². The predicted molar refractivity (Wildman–Crippen MR) is 79.0 cm³/mol. The predicted octanol–water partition coefficient (Wildman–Crippen LogP) is 2.90. The van der Waals surface area contributed by atoms with Crippen LogP contribution in [0.2, 0.25) is 5.02 Å². The number of amides is 1. The first-order valence-electron chi connectivity index (χ1n) is 7.19. The minimum Gasteiger partial charge on any atom is -0.506 e. The molecule has 1 aliphatic heterocycles. The van der Waals surface area contributed by atoms with Crippen LogP contribution in [0.25, 0.3) is 0 Å². The first-order chi connectivity index (χ1) is 9.63. The molecule has 1 saturated heterocycles. The second kappa shape index (κ2) is 5.62. The molecule has 1 heterocycles. The summed E-state index contributed by atoms with van der Waals surface area (Å²) >= 11 is 5.84. The molecule has 3 unspecified atom stereocenters. The molecule has 4 nitrogen and oxygen atoms in total. The SMILES string of the molecule is O=C(Nc1ccc(O)c(Cl)c1)C1CC2CCCCC2N1. The molecule has 1 saturated carbocycles. The third kappa shape index (κ3) is 2.76. The lowest BCUT2D eigenvalue weighted by Crippen LogP contribution is -2.39. The number of phenolic OH excluding ortho intramolecular Hbond substituents is 1. The molecule has 3 N–H and O–H groups in total. The number of halogens is 1. The fourth-order valence-electron chi connectivity index (χ4n) is 3.34. The van der Waals surface area contributed by atoms with Crippen molar-refractivity contribution in [3.63, 3.8) is 0 Å². The van der Waals surface area contributed by atoms with Crippen molar-refractivity contribution in [3.05, 3.63) is 23.2 Å². The highest BCUT2D eigenvalue weighted by Crippen LogP contribution is 2.33. The molecule has 3 rings (SSSR count). The van der Waals surface area contributed by atoms with Gasteiger partial charge in [-0.1, -0.05) is 24.4 Å². The number of hydrogen-bond acceptors (Lipinski definition) is 3. The molecule has 1 amide bonds. The highest BCUT2D eigenvalue weighted by molar-refractivity contribution is 6.32. The van der Waals surface area contributed by atoms with Crippen molar-refractivity contribution < 1.29 is 9.90 Å². The van der Waals surface area contributed by atoms with Crippen LogP contribution in [0, 0.1) is 5.92 Å². The van der Waals surface area contributed by atoms with Gasteiger partial charge in [0.2, 0.25) is 5.91 Å². The van der Waals surface area contributed by atoms with Crippen molar-refractivity contribution in [2.45, 2.75) is 44.2 Å². The average molecular weight is 295 g/mol. The first-order valence-corrected chi connectivity index (χ1v) is 7.57. The highest BCUT2D eigenvalue weighted by atomic mass is 35.5. The molecule has 5 heteroatoms. The van der Waals surface area contributed by atoms with Gasteiger partial charge in [0.25, 0.3) is 0 Å². The number of benzene rings is 1. The van der Waals surface area contributed by atoms with E-state index in [-0.39, 0.29) is 22.7 Å². The maximum Gasteiger partial charge on any atom is 0.241 e. The molecular formula is C15H19ClN2O2. The monoisotopic (exact) mass is 294 g/mol. The summed E-state index contributed by atoms with van der Waals surface area (Å²) in [7, 11) is 0. The molecule has 2 fully saturated rings. The summed E-state index contributed by atoms with van der Waals surface area (Å²) in [6.45, 7) is 0. The number of carbonyl (C=O) groups is 1. The van der Waals surface area contributed by atoms with Crippen molar-refractivity contribution in [1.82, 2.24) is 5.32 Å². The van der Waals surface area contributed by atoms with E-state index in [0.29, 0.717) is 17.6 Å². The summed E-state index contributed by atoms with van der Waals surface area (Å²) in [5.74, 6) is 0.652. The fourth-order valence-corrected chi connectivity index (χ4v) is 3.52. The Bertz CT molecular complexity index is 507. The lowest BCUT2D eigenvalue weighted by Gasteiger charge is -2.24. The maximum absolute atomic E-state index is 12.3. The molecule has 2 aliphatic rings. The standard InChI is InChI=1S/C15H19ClN2O2/c16-11-8-10(5-6-14(11)19)17-15(20)13-7-9-3-1-2-4-12(9)18-13/h5-6,8-9,12-13,18-19H,1-4,7H2,(H,17,20). The second-order valence-corrected chi connectivity index (χ2v) is 6.17. The van der Waals surface area contributed by atoms with Crippen molar-refractivity contribution in [1.29, 1.82) is 0 Å². The van der Waals surface area contributed by atoms with E-state index in [1.165, 1.54) is 31.7 Å². The minimum absolute atomic E-state index is 0.0128. The second-order valence-electron chi connectivity index (χ2n) is 5.76. The van der Waals surface area contributed by atoms with Crippen LogP contribution >= 0.6 is 11.6 Å². The summed E-state index contributed by atoms with van der Waals surface area (Å²) in [6.07, 6.45) is 5.87. The smallest absolute Gasteiger partial charge is 0.241 e. The quantitative estimate of drug-likeness (QED) is 0.735. The van der Waals surface area contributed by atoms with E-state index in [2.05, 4.69) is 10.6 Å². The van der Waals surface area contributed by atoms with Crippen LogP contribution < -0.4 is 10.6 Å². The van der Waals surface area contributed by atoms with E-state index in [4.69, 9.17) is 11.6 Å². The van der Waals surface area contributed by atoms with Crippen LogP contribution in [-0.4, -0.2) is 23.1 Å². The van der Waals surface area contributed by atoms with Crippen LogP contribution in [0.3, 0.4) is 0 Å². The Morgan fingerprint density at radius 2 is 2.15 bits per heavy atom. The summed E-state index contributed by atoms with van der Waals surface area (Å²) in [5, 5.41) is 15.9. The Labute approximate surface area is 123 Å². The number of rotatable bonds is 2. The fraction of sp³-hybridized carbons (Fsp3) is 0.533. The zero-order valence-corrected chi connectivity index (χ0v) is 12.0. The molecule has 0 spiro atoms. The number of nitrogens with one attached hydrogen (secondary N) is 2. The number of carbonyl (C=O) groups excluding carboxylic acids is 1. The summed E-state index contributed by atoms with van der Waals surface area (Å²) in [4.78, 5) is 12.3. The van der Waals surface area contributed by atoms with Crippen molar-refractivity contribution in [2.24, 2.45) is 5.92 Å². The normalized spacial score (nSPS) is 28.9. The average Bonchev–Trinajstić information content (AvgIpc) is 2.87. The largest absolute Gasteiger partial charge is 0.506 e. The van der Waals surface area contributed by atoms with Gasteiger partial charge >= 0.3 is 0 Å². The molecule has 20 heavy (non-hydrogen) atoms. The minimum atomic E-state index is -0.115. The van der Waals surface area contributed by atoms with Gasteiger partial charge in [0.15, 0.2) is 0 Å². The molecule has 3 atom stereocenters.